The van der Waals surface area contributed by atoms with Crippen LogP contribution >= 0.6 is 15.9 Å². The van der Waals surface area contributed by atoms with Crippen LogP contribution in [0.2, 0.25) is 0 Å². The molecule has 0 aliphatic heterocycles. The fourth-order valence-corrected chi connectivity index (χ4v) is 1.35. The van der Waals surface area contributed by atoms with Gasteiger partial charge in [0.15, 0.2) is 0 Å². The molecule has 0 radical (unpaired) electrons. The van der Waals surface area contributed by atoms with Crippen LogP contribution in [0.15, 0.2) is 16.6 Å². The molecule has 0 bridgehead atoms. The molecule has 14 heavy (non-hydrogen) atoms. The molecule has 3 N–H and O–H groups in total. The van der Waals surface area contributed by atoms with E-state index in [1.54, 1.807) is 0 Å². The third kappa shape index (κ3) is 1.85. The minimum atomic E-state index is -1.38. The lowest BCUT2D eigenvalue weighted by Gasteiger charge is -2.03. The number of phenols is 1. The third-order valence-corrected chi connectivity index (χ3v) is 2.15. The van der Waals surface area contributed by atoms with Crippen LogP contribution in [0.1, 0.15) is 20.7 Å². The molecule has 0 saturated carbocycles. The van der Waals surface area contributed by atoms with Crippen molar-refractivity contribution in [1.82, 2.24) is 0 Å². The van der Waals surface area contributed by atoms with E-state index in [0.29, 0.717) is 0 Å². The highest BCUT2D eigenvalue weighted by molar-refractivity contribution is 9.10. The minimum Gasteiger partial charge on any atom is -0.506 e. The van der Waals surface area contributed by atoms with Crippen LogP contribution in [0.25, 0.3) is 0 Å². The van der Waals surface area contributed by atoms with E-state index >= 15 is 0 Å². The average Bonchev–Trinajstić information content (AvgIpc) is 2.08. The smallest absolute Gasteiger partial charge is 0.339 e. The Morgan fingerprint density at radius 3 is 2.14 bits per heavy atom. The monoisotopic (exact) mass is 260 g/mol. The second-order valence-corrected chi connectivity index (χ2v) is 3.32. The van der Waals surface area contributed by atoms with E-state index in [2.05, 4.69) is 15.9 Å². The van der Waals surface area contributed by atoms with Crippen LogP contribution in [0.4, 0.5) is 0 Å². The van der Waals surface area contributed by atoms with Crippen molar-refractivity contribution in [2.75, 3.05) is 0 Å². The van der Waals surface area contributed by atoms with Crippen LogP contribution in [-0.4, -0.2) is 27.3 Å². The van der Waals surface area contributed by atoms with Crippen molar-refractivity contribution < 1.29 is 24.9 Å². The molecule has 0 fully saturated rings. The van der Waals surface area contributed by atoms with Gasteiger partial charge in [0.05, 0.1) is 10.0 Å². The Bertz CT molecular complexity index is 412. The van der Waals surface area contributed by atoms with Crippen LogP contribution < -0.4 is 0 Å². The molecule has 0 aliphatic rings. The van der Waals surface area contributed by atoms with Crippen LogP contribution in [0.3, 0.4) is 0 Å². The SMILES string of the molecule is O=C(O)c1cc(Br)c(O)c(C(=O)O)c1. The summed E-state index contributed by atoms with van der Waals surface area (Å²) in [6.45, 7) is 0. The lowest BCUT2D eigenvalue weighted by molar-refractivity contribution is 0.0693. The molecule has 0 spiro atoms. The van der Waals surface area contributed by atoms with Crippen molar-refractivity contribution in [3.8, 4) is 5.75 Å². The van der Waals surface area contributed by atoms with Gasteiger partial charge in [-0.3, -0.25) is 0 Å². The fraction of sp³-hybridized carbons (Fsp3) is 0. The number of carboxylic acid groups (broad SMARTS) is 2. The van der Waals surface area contributed by atoms with Crippen molar-refractivity contribution in [1.29, 1.82) is 0 Å². The van der Waals surface area contributed by atoms with Crippen LogP contribution in [-0.2, 0) is 0 Å². The van der Waals surface area contributed by atoms with Gasteiger partial charge in [-0.2, -0.15) is 0 Å². The second kappa shape index (κ2) is 3.67. The van der Waals surface area contributed by atoms with Gasteiger partial charge in [-0.25, -0.2) is 9.59 Å². The summed E-state index contributed by atoms with van der Waals surface area (Å²) < 4.78 is 0.0369. The van der Waals surface area contributed by atoms with Crippen molar-refractivity contribution in [2.24, 2.45) is 0 Å². The molecule has 0 unspecified atom stereocenters. The molecule has 1 rings (SSSR count). The molecule has 0 amide bonds. The van der Waals surface area contributed by atoms with Crippen molar-refractivity contribution in [3.63, 3.8) is 0 Å². The molecule has 6 heteroatoms. The molecule has 1 aromatic carbocycles. The van der Waals surface area contributed by atoms with Crippen LogP contribution in [0, 0.1) is 0 Å². The zero-order chi connectivity index (χ0) is 10.9. The number of aromatic carboxylic acids is 2. The number of rotatable bonds is 2. The predicted molar refractivity (Wildman–Crippen MR) is 49.7 cm³/mol. The van der Waals surface area contributed by atoms with E-state index < -0.39 is 23.3 Å². The maximum Gasteiger partial charge on any atom is 0.339 e. The number of halogens is 1. The Balaban J connectivity index is 3.43. The van der Waals surface area contributed by atoms with Crippen LogP contribution in [0.5, 0.6) is 5.75 Å². The number of benzene rings is 1. The number of hydrogen-bond acceptors (Lipinski definition) is 3. The highest BCUT2D eigenvalue weighted by atomic mass is 79.9. The molecule has 1 aromatic rings. The van der Waals surface area contributed by atoms with Gasteiger partial charge in [-0.1, -0.05) is 0 Å². The molecular formula is C8H5BrO5. The summed E-state index contributed by atoms with van der Waals surface area (Å²) >= 11 is 2.86. The Morgan fingerprint density at radius 1 is 1.14 bits per heavy atom. The highest BCUT2D eigenvalue weighted by Gasteiger charge is 2.16. The van der Waals surface area contributed by atoms with E-state index in [4.69, 9.17) is 10.2 Å². The standard InChI is InChI=1S/C8H5BrO5/c9-5-2-3(7(11)12)1-4(6(5)10)8(13)14/h1-2,10H,(H,11,12)(H,13,14). The van der Waals surface area contributed by atoms with Gasteiger partial charge in [-0.05, 0) is 28.1 Å². The van der Waals surface area contributed by atoms with E-state index in [-0.39, 0.29) is 10.0 Å². The first-order chi connectivity index (χ1) is 6.43. The summed E-state index contributed by atoms with van der Waals surface area (Å²) in [6.07, 6.45) is 0. The van der Waals surface area contributed by atoms with Crippen molar-refractivity contribution >= 4 is 27.9 Å². The fourth-order valence-electron chi connectivity index (χ4n) is 0.886. The maximum absolute atomic E-state index is 10.6. The van der Waals surface area contributed by atoms with E-state index in [9.17, 15) is 14.7 Å². The quantitative estimate of drug-likeness (QED) is 0.750. The summed E-state index contributed by atoms with van der Waals surface area (Å²) in [5.74, 6) is -3.12. The summed E-state index contributed by atoms with van der Waals surface area (Å²) in [6, 6.07) is 2.02. The van der Waals surface area contributed by atoms with Crippen molar-refractivity contribution in [3.05, 3.63) is 27.7 Å². The minimum absolute atomic E-state index is 0.0369. The lowest BCUT2D eigenvalue weighted by atomic mass is 10.1. The second-order valence-electron chi connectivity index (χ2n) is 2.46. The Kier molecular flexibility index (Phi) is 2.76. The first-order valence-electron chi connectivity index (χ1n) is 3.42. The topological polar surface area (TPSA) is 94.8 Å². The predicted octanol–water partition coefficient (Wildman–Crippen LogP) is 1.55. The largest absolute Gasteiger partial charge is 0.506 e. The maximum atomic E-state index is 10.6. The first kappa shape index (κ1) is 10.5. The van der Waals surface area contributed by atoms with E-state index in [1.165, 1.54) is 0 Å². The average molecular weight is 261 g/mol. The van der Waals surface area contributed by atoms with Gasteiger partial charge in [0.2, 0.25) is 0 Å². The molecule has 0 aromatic heterocycles. The number of carboxylic acids is 2. The van der Waals surface area contributed by atoms with E-state index in [0.717, 1.165) is 12.1 Å². The summed E-state index contributed by atoms with van der Waals surface area (Å²) in [4.78, 5) is 21.1. The molecule has 0 aliphatic carbocycles. The summed E-state index contributed by atoms with van der Waals surface area (Å²) in [7, 11) is 0. The molecule has 74 valence electrons. The molecule has 0 heterocycles. The van der Waals surface area contributed by atoms with Gasteiger partial charge < -0.3 is 15.3 Å². The molecule has 0 saturated heterocycles. The first-order valence-corrected chi connectivity index (χ1v) is 4.22. The number of carbonyl (C=O) groups is 2. The number of hydrogen-bond donors (Lipinski definition) is 3. The molecular weight excluding hydrogens is 256 g/mol. The van der Waals surface area contributed by atoms with Gasteiger partial charge in [0, 0.05) is 0 Å². The van der Waals surface area contributed by atoms with Gasteiger partial charge in [-0.15, -0.1) is 0 Å². The summed E-state index contributed by atoms with van der Waals surface area (Å²) in [5.41, 5.74) is -0.649. The zero-order valence-electron chi connectivity index (χ0n) is 6.69. The van der Waals surface area contributed by atoms with Crippen molar-refractivity contribution in [2.45, 2.75) is 0 Å². The normalized spacial score (nSPS) is 9.79. The molecule has 5 nitrogen and oxygen atoms in total. The highest BCUT2D eigenvalue weighted by Crippen LogP contribution is 2.29. The summed E-state index contributed by atoms with van der Waals surface area (Å²) in [5, 5.41) is 26.5. The van der Waals surface area contributed by atoms with E-state index in [1.807, 2.05) is 0 Å². The third-order valence-electron chi connectivity index (χ3n) is 1.54. The zero-order valence-corrected chi connectivity index (χ0v) is 8.28. The Labute approximate surface area is 86.7 Å². The molecule has 0 atom stereocenters. The van der Waals surface area contributed by atoms with Gasteiger partial charge >= 0.3 is 11.9 Å². The van der Waals surface area contributed by atoms with Gasteiger partial charge in [0.1, 0.15) is 11.3 Å². The lowest BCUT2D eigenvalue weighted by Crippen LogP contribution is -2.02. The number of aromatic hydroxyl groups is 1. The van der Waals surface area contributed by atoms with Gasteiger partial charge in [0.25, 0.3) is 0 Å². The Hall–Kier alpha value is -1.56. The Morgan fingerprint density at radius 2 is 1.71 bits per heavy atom.